The van der Waals surface area contributed by atoms with Gasteiger partial charge in [-0.2, -0.15) is 0 Å². The van der Waals surface area contributed by atoms with E-state index in [0.717, 1.165) is 29.6 Å². The van der Waals surface area contributed by atoms with Crippen LogP contribution in [0.1, 0.15) is 87.0 Å². The van der Waals surface area contributed by atoms with E-state index in [0.29, 0.717) is 5.41 Å². The van der Waals surface area contributed by atoms with Crippen LogP contribution in [-0.4, -0.2) is 0 Å². The Morgan fingerprint density at radius 1 is 0.895 bits per heavy atom. The van der Waals surface area contributed by atoms with Crippen molar-refractivity contribution in [3.63, 3.8) is 0 Å². The normalized spacial score (nSPS) is 34.9. The van der Waals surface area contributed by atoms with E-state index in [-0.39, 0.29) is 0 Å². The Kier molecular flexibility index (Phi) is 6.40. The second-order valence-electron chi connectivity index (χ2n) is 7.86. The van der Waals surface area contributed by atoms with E-state index in [1.54, 1.807) is 0 Å². The lowest BCUT2D eigenvalue weighted by molar-refractivity contribution is 0.288. The van der Waals surface area contributed by atoms with Gasteiger partial charge in [0, 0.05) is 0 Å². The maximum absolute atomic E-state index is 2.52. The zero-order valence-electron chi connectivity index (χ0n) is 14.6. The summed E-state index contributed by atoms with van der Waals surface area (Å²) >= 11 is 0. The molecule has 5 atom stereocenters. The lowest BCUT2D eigenvalue weighted by Gasteiger charge is -2.23. The molecule has 1 rings (SSSR count). The molecule has 114 valence electrons. The van der Waals surface area contributed by atoms with Crippen molar-refractivity contribution in [1.82, 2.24) is 0 Å². The van der Waals surface area contributed by atoms with Crippen LogP contribution >= 0.6 is 0 Å². The van der Waals surface area contributed by atoms with E-state index in [4.69, 9.17) is 0 Å². The smallest absolute Gasteiger partial charge is 0.0266 e. The van der Waals surface area contributed by atoms with Crippen LogP contribution in [0.15, 0.2) is 0 Å². The van der Waals surface area contributed by atoms with Crippen LogP contribution in [0.3, 0.4) is 0 Å². The molecule has 1 fully saturated rings. The van der Waals surface area contributed by atoms with Crippen LogP contribution < -0.4 is 0 Å². The van der Waals surface area contributed by atoms with Crippen molar-refractivity contribution in [2.45, 2.75) is 87.0 Å². The lowest BCUT2D eigenvalue weighted by Crippen LogP contribution is -2.11. The van der Waals surface area contributed by atoms with E-state index in [1.165, 1.54) is 38.5 Å². The molecule has 0 heteroatoms. The SMILES string of the molecule is CCC(CCCC(C)C(C)CC)CC1(C)C(C)C1C. The van der Waals surface area contributed by atoms with Gasteiger partial charge in [0.25, 0.3) is 0 Å². The second-order valence-corrected chi connectivity index (χ2v) is 7.86. The maximum atomic E-state index is 2.52. The Labute approximate surface area is 122 Å². The summed E-state index contributed by atoms with van der Waals surface area (Å²) in [5.41, 5.74) is 0.670. The third kappa shape index (κ3) is 4.23. The van der Waals surface area contributed by atoms with Gasteiger partial charge in [-0.25, -0.2) is 0 Å². The van der Waals surface area contributed by atoms with Crippen molar-refractivity contribution in [2.75, 3.05) is 0 Å². The number of hydrogen-bond donors (Lipinski definition) is 0. The average Bonchev–Trinajstić information content (AvgIpc) is 2.87. The highest BCUT2D eigenvalue weighted by molar-refractivity contribution is 5.03. The molecule has 1 aliphatic rings. The van der Waals surface area contributed by atoms with Crippen LogP contribution in [0.5, 0.6) is 0 Å². The van der Waals surface area contributed by atoms with Gasteiger partial charge in [-0.1, -0.05) is 80.6 Å². The Balaban J connectivity index is 2.26. The third-order valence-corrected chi connectivity index (χ3v) is 6.91. The summed E-state index contributed by atoms with van der Waals surface area (Å²) in [6.07, 6.45) is 8.55. The van der Waals surface area contributed by atoms with Gasteiger partial charge in [-0.3, -0.25) is 0 Å². The van der Waals surface area contributed by atoms with Crippen LogP contribution in [0.4, 0.5) is 0 Å². The largest absolute Gasteiger partial charge is 0.0651 e. The van der Waals surface area contributed by atoms with Gasteiger partial charge in [-0.05, 0) is 41.4 Å². The topological polar surface area (TPSA) is 0 Å². The van der Waals surface area contributed by atoms with Crippen molar-refractivity contribution >= 4 is 0 Å². The molecule has 0 aromatic rings. The van der Waals surface area contributed by atoms with Crippen molar-refractivity contribution in [1.29, 1.82) is 0 Å². The molecule has 0 aromatic carbocycles. The predicted octanol–water partition coefficient (Wildman–Crippen LogP) is 6.55. The predicted molar refractivity (Wildman–Crippen MR) is 87.3 cm³/mol. The molecule has 0 N–H and O–H groups in total. The number of hydrogen-bond acceptors (Lipinski definition) is 0. The molecule has 0 bridgehead atoms. The molecule has 0 heterocycles. The summed E-state index contributed by atoms with van der Waals surface area (Å²) in [6.45, 7) is 17.0. The molecule has 19 heavy (non-hydrogen) atoms. The van der Waals surface area contributed by atoms with E-state index in [9.17, 15) is 0 Å². The van der Waals surface area contributed by atoms with E-state index >= 15 is 0 Å². The first-order valence-corrected chi connectivity index (χ1v) is 8.86. The Morgan fingerprint density at radius 2 is 1.47 bits per heavy atom. The summed E-state index contributed by atoms with van der Waals surface area (Å²) in [7, 11) is 0. The van der Waals surface area contributed by atoms with Crippen molar-refractivity contribution in [2.24, 2.45) is 35.0 Å². The molecule has 0 spiro atoms. The maximum Gasteiger partial charge on any atom is -0.0266 e. The molecule has 0 amide bonds. The monoisotopic (exact) mass is 266 g/mol. The van der Waals surface area contributed by atoms with E-state index < -0.39 is 0 Å². The molecule has 1 aliphatic carbocycles. The number of rotatable bonds is 9. The second kappa shape index (κ2) is 7.14. The quantitative estimate of drug-likeness (QED) is 0.444. The summed E-state index contributed by atoms with van der Waals surface area (Å²) in [6, 6.07) is 0. The Hall–Kier alpha value is 0. The fraction of sp³-hybridized carbons (Fsp3) is 1.00. The first-order valence-electron chi connectivity index (χ1n) is 8.86. The molecule has 0 saturated heterocycles. The molecule has 0 aromatic heterocycles. The van der Waals surface area contributed by atoms with Crippen LogP contribution in [-0.2, 0) is 0 Å². The van der Waals surface area contributed by atoms with Gasteiger partial charge in [0.15, 0.2) is 0 Å². The first-order chi connectivity index (χ1) is 8.86. The standard InChI is InChI=1S/C19H38/c1-8-14(3)15(4)11-10-12-18(9-2)13-19(7)16(5)17(19)6/h14-18H,8-13H2,1-7H3. The van der Waals surface area contributed by atoms with Gasteiger partial charge >= 0.3 is 0 Å². The fourth-order valence-corrected chi connectivity index (χ4v) is 3.93. The van der Waals surface area contributed by atoms with E-state index in [1.807, 2.05) is 0 Å². The molecular formula is C19H38. The highest BCUT2D eigenvalue weighted by Gasteiger charge is 2.55. The minimum atomic E-state index is 0.670. The molecule has 1 saturated carbocycles. The van der Waals surface area contributed by atoms with Crippen LogP contribution in [0.25, 0.3) is 0 Å². The highest BCUT2D eigenvalue weighted by atomic mass is 14.6. The highest BCUT2D eigenvalue weighted by Crippen LogP contribution is 2.61. The summed E-state index contributed by atoms with van der Waals surface area (Å²) in [5, 5.41) is 0. The molecule has 5 unspecified atom stereocenters. The van der Waals surface area contributed by atoms with Gasteiger partial charge in [-0.15, -0.1) is 0 Å². The van der Waals surface area contributed by atoms with E-state index in [2.05, 4.69) is 48.5 Å². The van der Waals surface area contributed by atoms with Gasteiger partial charge in [0.05, 0.1) is 0 Å². The fourth-order valence-electron chi connectivity index (χ4n) is 3.93. The minimum Gasteiger partial charge on any atom is -0.0651 e. The van der Waals surface area contributed by atoms with Crippen molar-refractivity contribution < 1.29 is 0 Å². The Morgan fingerprint density at radius 3 is 1.89 bits per heavy atom. The van der Waals surface area contributed by atoms with Crippen molar-refractivity contribution in [3.05, 3.63) is 0 Å². The van der Waals surface area contributed by atoms with Gasteiger partial charge in [0.1, 0.15) is 0 Å². The zero-order chi connectivity index (χ0) is 14.6. The summed E-state index contributed by atoms with van der Waals surface area (Å²) in [5.74, 6) is 4.71. The lowest BCUT2D eigenvalue weighted by atomic mass is 9.83. The summed E-state index contributed by atoms with van der Waals surface area (Å²) < 4.78 is 0. The first kappa shape index (κ1) is 17.1. The molecular weight excluding hydrogens is 228 g/mol. The molecule has 0 radical (unpaired) electrons. The van der Waals surface area contributed by atoms with Crippen molar-refractivity contribution in [3.8, 4) is 0 Å². The van der Waals surface area contributed by atoms with Gasteiger partial charge in [0.2, 0.25) is 0 Å². The summed E-state index contributed by atoms with van der Waals surface area (Å²) in [4.78, 5) is 0. The minimum absolute atomic E-state index is 0.670. The molecule has 0 nitrogen and oxygen atoms in total. The molecule has 0 aliphatic heterocycles. The van der Waals surface area contributed by atoms with Crippen LogP contribution in [0.2, 0.25) is 0 Å². The zero-order valence-corrected chi connectivity index (χ0v) is 14.6. The Bertz CT molecular complexity index is 247. The van der Waals surface area contributed by atoms with Gasteiger partial charge < -0.3 is 0 Å². The van der Waals surface area contributed by atoms with Crippen LogP contribution in [0, 0.1) is 35.0 Å². The third-order valence-electron chi connectivity index (χ3n) is 6.91. The average molecular weight is 267 g/mol.